The van der Waals surface area contributed by atoms with Gasteiger partial charge in [0.2, 0.25) is 11.8 Å². The lowest BCUT2D eigenvalue weighted by Gasteiger charge is -2.33. The first-order chi connectivity index (χ1) is 10.5. The maximum Gasteiger partial charge on any atom is 0.328 e. The summed E-state index contributed by atoms with van der Waals surface area (Å²) >= 11 is 0. The molecule has 23 heavy (non-hydrogen) atoms. The van der Waals surface area contributed by atoms with E-state index in [1.165, 1.54) is 7.11 Å². The molecule has 0 aliphatic carbocycles. The second-order valence-corrected chi connectivity index (χ2v) is 7.16. The largest absolute Gasteiger partial charge is 0.467 e. The van der Waals surface area contributed by atoms with Gasteiger partial charge < -0.3 is 15.4 Å². The van der Waals surface area contributed by atoms with Gasteiger partial charge in [0.1, 0.15) is 6.04 Å². The van der Waals surface area contributed by atoms with Crippen molar-refractivity contribution in [2.75, 3.05) is 13.7 Å². The van der Waals surface area contributed by atoms with E-state index in [-0.39, 0.29) is 11.8 Å². The Morgan fingerprint density at radius 2 is 1.52 bits per heavy atom. The Kier molecular flexibility index (Phi) is 8.28. The average Bonchev–Trinajstić information content (AvgIpc) is 2.47. The van der Waals surface area contributed by atoms with E-state index in [4.69, 9.17) is 0 Å². The zero-order chi connectivity index (χ0) is 18.3. The molecule has 2 N–H and O–H groups in total. The molecule has 1 atom stereocenters. The molecule has 6 nitrogen and oxygen atoms in total. The molecular weight excluding hydrogens is 296 g/mol. The van der Waals surface area contributed by atoms with Gasteiger partial charge in [0.05, 0.1) is 7.11 Å². The lowest BCUT2D eigenvalue weighted by Crippen LogP contribution is -2.49. The Morgan fingerprint density at radius 1 is 1.00 bits per heavy atom. The molecule has 0 aliphatic rings. The van der Waals surface area contributed by atoms with Gasteiger partial charge >= 0.3 is 5.97 Å². The number of nitrogens with one attached hydrogen (secondary N) is 2. The van der Waals surface area contributed by atoms with Crippen molar-refractivity contribution in [3.05, 3.63) is 0 Å². The zero-order valence-electron chi connectivity index (χ0n) is 15.5. The number of hydrogen-bond acceptors (Lipinski definition) is 4. The Morgan fingerprint density at radius 3 is 1.96 bits per heavy atom. The Hall–Kier alpha value is -1.59. The van der Waals surface area contributed by atoms with Crippen molar-refractivity contribution in [1.29, 1.82) is 0 Å². The molecular formula is C17H32N2O4. The minimum absolute atomic E-state index is 0.0692. The molecule has 134 valence electrons. The molecule has 0 saturated heterocycles. The van der Waals surface area contributed by atoms with E-state index in [0.717, 1.165) is 6.42 Å². The number of carbonyl (C=O) groups excluding carboxylic acids is 3. The molecule has 0 radical (unpaired) electrons. The van der Waals surface area contributed by atoms with E-state index in [2.05, 4.69) is 15.4 Å². The molecule has 0 saturated carbocycles. The van der Waals surface area contributed by atoms with Crippen LogP contribution >= 0.6 is 0 Å². The van der Waals surface area contributed by atoms with Crippen LogP contribution in [-0.4, -0.2) is 37.5 Å². The molecule has 0 rings (SSSR count). The smallest absolute Gasteiger partial charge is 0.328 e. The van der Waals surface area contributed by atoms with E-state index < -0.39 is 22.8 Å². The number of amides is 2. The molecule has 6 heteroatoms. The molecule has 0 fully saturated rings. The van der Waals surface area contributed by atoms with Gasteiger partial charge in [-0.2, -0.15) is 0 Å². The summed E-state index contributed by atoms with van der Waals surface area (Å²) in [6.07, 6.45) is 1.69. The Balaban J connectivity index is 4.92. The number of carbonyl (C=O) groups is 3. The molecule has 0 aromatic carbocycles. The lowest BCUT2D eigenvalue weighted by atomic mass is 9.74. The van der Waals surface area contributed by atoms with Gasteiger partial charge in [-0.25, -0.2) is 4.79 Å². The molecule has 0 spiro atoms. The summed E-state index contributed by atoms with van der Waals surface area (Å²) in [7, 11) is 1.30. The maximum atomic E-state index is 12.5. The van der Waals surface area contributed by atoms with E-state index in [0.29, 0.717) is 19.4 Å². The highest BCUT2D eigenvalue weighted by atomic mass is 16.5. The van der Waals surface area contributed by atoms with Crippen LogP contribution in [0.3, 0.4) is 0 Å². The third-order valence-corrected chi connectivity index (χ3v) is 3.85. The van der Waals surface area contributed by atoms with E-state index >= 15 is 0 Å². The fourth-order valence-corrected chi connectivity index (χ4v) is 2.57. The molecule has 0 bridgehead atoms. The first kappa shape index (κ1) is 21.4. The Labute approximate surface area is 139 Å². The van der Waals surface area contributed by atoms with Gasteiger partial charge in [0, 0.05) is 17.4 Å². The number of methoxy groups -OCH3 is 1. The lowest BCUT2D eigenvalue weighted by molar-refractivity contribution is -0.147. The first-order valence-electron chi connectivity index (χ1n) is 8.19. The molecule has 2 amide bonds. The van der Waals surface area contributed by atoms with Crippen LogP contribution in [0.5, 0.6) is 0 Å². The normalized spacial score (nSPS) is 13.2. The van der Waals surface area contributed by atoms with Crippen molar-refractivity contribution in [2.24, 2.45) is 10.8 Å². The maximum absolute atomic E-state index is 12.5. The number of ether oxygens (including phenoxy) is 1. The van der Waals surface area contributed by atoms with E-state index in [1.54, 1.807) is 20.8 Å². The van der Waals surface area contributed by atoms with Gasteiger partial charge in [-0.3, -0.25) is 9.59 Å². The quantitative estimate of drug-likeness (QED) is 0.634. The fraction of sp³-hybridized carbons (Fsp3) is 0.824. The van der Waals surface area contributed by atoms with Crippen LogP contribution in [0.4, 0.5) is 0 Å². The molecule has 1 unspecified atom stereocenters. The highest BCUT2D eigenvalue weighted by Crippen LogP contribution is 2.34. The van der Waals surface area contributed by atoms with Crippen LogP contribution in [0.25, 0.3) is 0 Å². The summed E-state index contributed by atoms with van der Waals surface area (Å²) in [5, 5.41) is 5.59. The van der Waals surface area contributed by atoms with Crippen LogP contribution in [0.2, 0.25) is 0 Å². The molecule has 0 aromatic rings. The molecule has 0 heterocycles. The van der Waals surface area contributed by atoms with Gasteiger partial charge in [-0.15, -0.1) is 0 Å². The standard InChI is InChI=1S/C17H32N2O4/c1-8-10-18-14(21)16(3,4)11-17(5,6)15(22)19-12(9-2)13(20)23-7/h12H,8-11H2,1-7H3,(H,18,21)(H,19,22). The van der Waals surface area contributed by atoms with Gasteiger partial charge in [0.15, 0.2) is 0 Å². The summed E-state index contributed by atoms with van der Waals surface area (Å²) in [5.74, 6) is -0.789. The minimum Gasteiger partial charge on any atom is -0.467 e. The van der Waals surface area contributed by atoms with Crippen molar-refractivity contribution in [1.82, 2.24) is 10.6 Å². The van der Waals surface area contributed by atoms with Crippen LogP contribution in [-0.2, 0) is 19.1 Å². The monoisotopic (exact) mass is 328 g/mol. The number of hydrogen-bond donors (Lipinski definition) is 2. The van der Waals surface area contributed by atoms with E-state index in [9.17, 15) is 14.4 Å². The number of rotatable bonds is 9. The van der Waals surface area contributed by atoms with Crippen LogP contribution < -0.4 is 10.6 Å². The SMILES string of the molecule is CCCNC(=O)C(C)(C)CC(C)(C)C(=O)NC(CC)C(=O)OC. The second kappa shape index (κ2) is 8.89. The zero-order valence-corrected chi connectivity index (χ0v) is 15.5. The van der Waals surface area contributed by atoms with Crippen molar-refractivity contribution in [3.63, 3.8) is 0 Å². The van der Waals surface area contributed by atoms with Crippen molar-refractivity contribution >= 4 is 17.8 Å². The molecule has 0 aromatic heterocycles. The van der Waals surface area contributed by atoms with Crippen molar-refractivity contribution in [3.8, 4) is 0 Å². The van der Waals surface area contributed by atoms with Gasteiger partial charge in [0.25, 0.3) is 0 Å². The summed E-state index contributed by atoms with van der Waals surface area (Å²) in [4.78, 5) is 36.4. The fourth-order valence-electron chi connectivity index (χ4n) is 2.57. The number of esters is 1. The first-order valence-corrected chi connectivity index (χ1v) is 8.19. The van der Waals surface area contributed by atoms with Crippen molar-refractivity contribution in [2.45, 2.75) is 66.8 Å². The third kappa shape index (κ3) is 6.59. The molecule has 0 aliphatic heterocycles. The predicted octanol–water partition coefficient (Wildman–Crippen LogP) is 2.02. The van der Waals surface area contributed by atoms with Gasteiger partial charge in [-0.1, -0.05) is 41.5 Å². The summed E-state index contributed by atoms with van der Waals surface area (Å²) in [5.41, 5.74) is -1.46. The van der Waals surface area contributed by atoms with Crippen LogP contribution in [0.1, 0.15) is 60.8 Å². The van der Waals surface area contributed by atoms with Gasteiger partial charge in [-0.05, 0) is 19.3 Å². The summed E-state index contributed by atoms with van der Waals surface area (Å²) in [6.45, 7) is 11.6. The summed E-state index contributed by atoms with van der Waals surface area (Å²) < 4.78 is 4.68. The summed E-state index contributed by atoms with van der Waals surface area (Å²) in [6, 6.07) is -0.663. The van der Waals surface area contributed by atoms with Crippen LogP contribution in [0, 0.1) is 10.8 Å². The highest BCUT2D eigenvalue weighted by Gasteiger charge is 2.39. The van der Waals surface area contributed by atoms with E-state index in [1.807, 2.05) is 20.8 Å². The minimum atomic E-state index is -0.783. The third-order valence-electron chi connectivity index (χ3n) is 3.85. The Bertz CT molecular complexity index is 430. The highest BCUT2D eigenvalue weighted by molar-refractivity contribution is 5.89. The average molecular weight is 328 g/mol. The van der Waals surface area contributed by atoms with Crippen LogP contribution in [0.15, 0.2) is 0 Å². The second-order valence-electron chi connectivity index (χ2n) is 7.16. The predicted molar refractivity (Wildman–Crippen MR) is 89.7 cm³/mol. The topological polar surface area (TPSA) is 84.5 Å². The van der Waals surface area contributed by atoms with Crippen molar-refractivity contribution < 1.29 is 19.1 Å².